The molecule has 0 spiro atoms. The molecule has 84 valence electrons. The molecule has 0 aliphatic rings. The van der Waals surface area contributed by atoms with Crippen LogP contribution in [0.3, 0.4) is 0 Å². The van der Waals surface area contributed by atoms with Gasteiger partial charge in [-0.2, -0.15) is 0 Å². The fourth-order valence-corrected chi connectivity index (χ4v) is 1.60. The van der Waals surface area contributed by atoms with Crippen molar-refractivity contribution in [3.63, 3.8) is 0 Å². The third-order valence-corrected chi connectivity index (χ3v) is 2.33. The van der Waals surface area contributed by atoms with Gasteiger partial charge in [-0.25, -0.2) is 4.68 Å². The molecule has 0 atom stereocenters. The largest absolute Gasteiger partial charge is 0.378 e. The van der Waals surface area contributed by atoms with E-state index in [0.717, 1.165) is 11.3 Å². The van der Waals surface area contributed by atoms with Crippen LogP contribution in [0.1, 0.15) is 11.3 Å². The monoisotopic (exact) mass is 218 g/mol. The first-order chi connectivity index (χ1) is 7.79. The second kappa shape index (κ2) is 4.81. The van der Waals surface area contributed by atoms with Crippen molar-refractivity contribution in [1.82, 2.24) is 9.78 Å². The van der Waals surface area contributed by atoms with Crippen molar-refractivity contribution >= 4 is 0 Å². The molecule has 0 fully saturated rings. The summed E-state index contributed by atoms with van der Waals surface area (Å²) in [5.41, 5.74) is 1.86. The third-order valence-electron chi connectivity index (χ3n) is 2.33. The van der Waals surface area contributed by atoms with Gasteiger partial charge in [-0.15, -0.1) is 0 Å². The molecule has 16 heavy (non-hydrogen) atoms. The zero-order valence-electron chi connectivity index (χ0n) is 9.14. The van der Waals surface area contributed by atoms with Crippen LogP contribution >= 0.6 is 0 Å². The highest BCUT2D eigenvalue weighted by atomic mass is 16.5. The zero-order chi connectivity index (χ0) is 11.4. The van der Waals surface area contributed by atoms with E-state index < -0.39 is 0 Å². The van der Waals surface area contributed by atoms with Crippen LogP contribution in [0.25, 0.3) is 0 Å². The van der Waals surface area contributed by atoms with E-state index in [1.807, 2.05) is 30.3 Å². The smallest absolute Gasteiger partial charge is 0.267 e. The minimum atomic E-state index is -0.0316. The molecule has 2 aromatic rings. The van der Waals surface area contributed by atoms with Gasteiger partial charge in [0.2, 0.25) is 0 Å². The molecule has 0 saturated heterocycles. The number of hydrogen-bond donors (Lipinski definition) is 1. The highest BCUT2D eigenvalue weighted by Crippen LogP contribution is 2.00. The lowest BCUT2D eigenvalue weighted by Gasteiger charge is -2.02. The molecule has 0 aliphatic heterocycles. The second-order valence-corrected chi connectivity index (χ2v) is 3.62. The lowest BCUT2D eigenvalue weighted by atomic mass is 10.2. The number of methoxy groups -OCH3 is 1. The first-order valence-electron chi connectivity index (χ1n) is 5.11. The highest BCUT2D eigenvalue weighted by molar-refractivity contribution is 5.15. The number of nitrogens with zero attached hydrogens (tertiary/aromatic N) is 1. The first kappa shape index (κ1) is 10.7. The molecular formula is C12H14N2O2. The number of aromatic amines is 1. The summed E-state index contributed by atoms with van der Waals surface area (Å²) in [5.74, 6) is 0. The number of ether oxygens (including phenoxy) is 1. The Labute approximate surface area is 93.5 Å². The van der Waals surface area contributed by atoms with E-state index in [1.165, 1.54) is 0 Å². The average Bonchev–Trinajstić information content (AvgIpc) is 2.61. The summed E-state index contributed by atoms with van der Waals surface area (Å²) in [5, 5.41) is 3.01. The van der Waals surface area contributed by atoms with Gasteiger partial charge >= 0.3 is 0 Å². The van der Waals surface area contributed by atoms with Gasteiger partial charge < -0.3 is 4.74 Å². The molecule has 0 unspecified atom stereocenters. The van der Waals surface area contributed by atoms with Crippen molar-refractivity contribution in [1.29, 1.82) is 0 Å². The molecule has 1 N–H and O–H groups in total. The molecule has 0 amide bonds. The van der Waals surface area contributed by atoms with E-state index in [9.17, 15) is 4.79 Å². The Bertz CT molecular complexity index is 499. The Morgan fingerprint density at radius 2 is 2.06 bits per heavy atom. The molecule has 2 rings (SSSR count). The zero-order valence-corrected chi connectivity index (χ0v) is 9.14. The maximum Gasteiger partial charge on any atom is 0.267 e. The molecule has 0 aliphatic carbocycles. The SMILES string of the molecule is COCc1cc(=O)n(Cc2ccccc2)[nH]1. The van der Waals surface area contributed by atoms with Crippen LogP contribution in [-0.4, -0.2) is 16.9 Å². The summed E-state index contributed by atoms with van der Waals surface area (Å²) in [6, 6.07) is 11.4. The molecule has 4 heteroatoms. The van der Waals surface area contributed by atoms with Crippen LogP contribution in [0.15, 0.2) is 41.2 Å². The maximum atomic E-state index is 11.6. The number of aromatic nitrogens is 2. The van der Waals surface area contributed by atoms with E-state index in [4.69, 9.17) is 4.74 Å². The lowest BCUT2D eigenvalue weighted by Crippen LogP contribution is -2.16. The Morgan fingerprint density at radius 1 is 1.31 bits per heavy atom. The highest BCUT2D eigenvalue weighted by Gasteiger charge is 2.02. The standard InChI is InChI=1S/C12H14N2O2/c1-16-9-11-7-12(15)14(13-11)8-10-5-3-2-4-6-10/h2-7,13H,8-9H2,1H3. The van der Waals surface area contributed by atoms with E-state index in [0.29, 0.717) is 13.2 Å². The predicted octanol–water partition coefficient (Wildman–Crippen LogP) is 1.37. The Hall–Kier alpha value is -1.81. The molecule has 0 saturated carbocycles. The van der Waals surface area contributed by atoms with Crippen LogP contribution in [0.4, 0.5) is 0 Å². The van der Waals surface area contributed by atoms with E-state index in [1.54, 1.807) is 17.9 Å². The fraction of sp³-hybridized carbons (Fsp3) is 0.250. The van der Waals surface area contributed by atoms with E-state index in [2.05, 4.69) is 5.10 Å². The normalized spacial score (nSPS) is 10.6. The van der Waals surface area contributed by atoms with Crippen LogP contribution in [-0.2, 0) is 17.9 Å². The summed E-state index contributed by atoms with van der Waals surface area (Å²) in [4.78, 5) is 11.6. The van der Waals surface area contributed by atoms with E-state index in [-0.39, 0.29) is 5.56 Å². The van der Waals surface area contributed by atoms with Gasteiger partial charge in [-0.1, -0.05) is 30.3 Å². The minimum absolute atomic E-state index is 0.0316. The first-order valence-corrected chi connectivity index (χ1v) is 5.11. The van der Waals surface area contributed by atoms with E-state index >= 15 is 0 Å². The number of hydrogen-bond acceptors (Lipinski definition) is 2. The van der Waals surface area contributed by atoms with Crippen LogP contribution in [0.5, 0.6) is 0 Å². The number of H-pyrrole nitrogens is 1. The molecule has 1 aromatic carbocycles. The summed E-state index contributed by atoms with van der Waals surface area (Å²) in [6.07, 6.45) is 0. The predicted molar refractivity (Wildman–Crippen MR) is 61.3 cm³/mol. The van der Waals surface area contributed by atoms with Crippen LogP contribution < -0.4 is 5.56 Å². The lowest BCUT2D eigenvalue weighted by molar-refractivity contribution is 0.181. The fourth-order valence-electron chi connectivity index (χ4n) is 1.60. The Morgan fingerprint density at radius 3 is 2.75 bits per heavy atom. The second-order valence-electron chi connectivity index (χ2n) is 3.62. The van der Waals surface area contributed by atoms with Crippen molar-refractivity contribution in [2.75, 3.05) is 7.11 Å². The summed E-state index contributed by atoms with van der Waals surface area (Å²) >= 11 is 0. The van der Waals surface area contributed by atoms with Crippen molar-refractivity contribution < 1.29 is 4.74 Å². The van der Waals surface area contributed by atoms with Crippen LogP contribution in [0.2, 0.25) is 0 Å². The van der Waals surface area contributed by atoms with Gasteiger partial charge in [-0.3, -0.25) is 9.89 Å². The maximum absolute atomic E-state index is 11.6. The van der Waals surface area contributed by atoms with Gasteiger partial charge in [-0.05, 0) is 5.56 Å². The van der Waals surface area contributed by atoms with Gasteiger partial charge in [0.15, 0.2) is 0 Å². The van der Waals surface area contributed by atoms with Gasteiger partial charge in [0.25, 0.3) is 5.56 Å². The molecule has 4 nitrogen and oxygen atoms in total. The topological polar surface area (TPSA) is 47.0 Å². The van der Waals surface area contributed by atoms with Crippen molar-refractivity contribution in [2.45, 2.75) is 13.2 Å². The number of rotatable bonds is 4. The quantitative estimate of drug-likeness (QED) is 0.842. The summed E-state index contributed by atoms with van der Waals surface area (Å²) in [6.45, 7) is 0.987. The third kappa shape index (κ3) is 2.41. The number of nitrogens with one attached hydrogen (secondary N) is 1. The molecule has 0 radical (unpaired) electrons. The molecule has 1 heterocycles. The number of benzene rings is 1. The Balaban J connectivity index is 2.19. The summed E-state index contributed by atoms with van der Waals surface area (Å²) in [7, 11) is 1.60. The average molecular weight is 218 g/mol. The minimum Gasteiger partial charge on any atom is -0.378 e. The van der Waals surface area contributed by atoms with Gasteiger partial charge in [0.1, 0.15) is 0 Å². The van der Waals surface area contributed by atoms with Gasteiger partial charge in [0, 0.05) is 13.2 Å². The Kier molecular flexibility index (Phi) is 3.22. The van der Waals surface area contributed by atoms with Crippen LogP contribution in [0, 0.1) is 0 Å². The molecule has 1 aromatic heterocycles. The summed E-state index contributed by atoms with van der Waals surface area (Å²) < 4.78 is 6.54. The van der Waals surface area contributed by atoms with Crippen molar-refractivity contribution in [3.05, 3.63) is 58.0 Å². The molecular weight excluding hydrogens is 204 g/mol. The van der Waals surface area contributed by atoms with Gasteiger partial charge in [0.05, 0.1) is 18.8 Å². The van der Waals surface area contributed by atoms with Crippen molar-refractivity contribution in [2.24, 2.45) is 0 Å². The van der Waals surface area contributed by atoms with Crippen molar-refractivity contribution in [3.8, 4) is 0 Å². The molecule has 0 bridgehead atoms.